The zero-order valence-electron chi connectivity index (χ0n) is 31.9. The van der Waals surface area contributed by atoms with Crippen molar-refractivity contribution in [1.82, 2.24) is 45.8 Å². The molecule has 5 amide bonds. The van der Waals surface area contributed by atoms with Gasteiger partial charge in [-0.3, -0.25) is 58.0 Å². The second-order valence-corrected chi connectivity index (χ2v) is 14.0. The Hall–Kier alpha value is -3.90. The molecule has 0 aromatic rings. The van der Waals surface area contributed by atoms with Gasteiger partial charge in [-0.15, -0.1) is 0 Å². The molecular formula is C32H56BCuN9O13. The number of rotatable bonds is 18. The van der Waals surface area contributed by atoms with Gasteiger partial charge in [0.1, 0.15) is 12.1 Å². The standard InChI is InChI=1S/C32H56BN9O13.Cu/c1-21(2)30(31(52)36-22(3)32(53)42-6-4-5-23(42)33(54)55)37-25(44)16-34-24(43)15-35-26(45)17-38-7-9-39(18-27(46)47)11-13-41(20-29(50)51)14-12-40(10-8-38)19-28(48)49;/h21-23,30,54-55H,4-20H2,1-3H3,(H,34,43)(H,35,45)(H,36,52)(H,37,44)(H,46,47)(H,48,49)(H,50,51);/t22-,23+,30+;/m1./s1. The molecule has 0 aromatic heterocycles. The van der Waals surface area contributed by atoms with Crippen LogP contribution in [-0.4, -0.2) is 221 Å². The van der Waals surface area contributed by atoms with Crippen molar-refractivity contribution in [3.05, 3.63) is 0 Å². The van der Waals surface area contributed by atoms with Crippen molar-refractivity contribution in [3.63, 3.8) is 0 Å². The van der Waals surface area contributed by atoms with E-state index in [2.05, 4.69) is 21.3 Å². The van der Waals surface area contributed by atoms with E-state index in [0.717, 1.165) is 0 Å². The molecule has 0 aromatic carbocycles. The molecule has 3 atom stereocenters. The molecule has 2 heterocycles. The van der Waals surface area contributed by atoms with Crippen LogP contribution in [0.5, 0.6) is 0 Å². The zero-order chi connectivity index (χ0) is 41.2. The van der Waals surface area contributed by atoms with Crippen molar-refractivity contribution < 1.29 is 80.8 Å². The van der Waals surface area contributed by atoms with E-state index in [1.165, 1.54) is 11.8 Å². The van der Waals surface area contributed by atoms with Gasteiger partial charge in [0.05, 0.1) is 45.2 Å². The fourth-order valence-electron chi connectivity index (χ4n) is 6.21. The third-order valence-electron chi connectivity index (χ3n) is 9.19. The van der Waals surface area contributed by atoms with Crippen molar-refractivity contribution in [2.45, 2.75) is 51.6 Å². The molecule has 0 saturated carbocycles. The average molecular weight is 849 g/mol. The number of aliphatic carboxylic acids is 3. The molecule has 0 bridgehead atoms. The summed E-state index contributed by atoms with van der Waals surface area (Å²) in [6.45, 7) is 4.59. The summed E-state index contributed by atoms with van der Waals surface area (Å²) in [5.41, 5.74) is 0. The van der Waals surface area contributed by atoms with Crippen LogP contribution >= 0.6 is 0 Å². The molecule has 1 radical (unpaired) electrons. The number of nitrogens with one attached hydrogen (secondary N) is 4. The minimum absolute atomic E-state index is 0. The first-order chi connectivity index (χ1) is 25.9. The van der Waals surface area contributed by atoms with Gasteiger partial charge in [-0.1, -0.05) is 13.8 Å². The normalized spacial score (nSPS) is 19.0. The van der Waals surface area contributed by atoms with E-state index >= 15 is 0 Å². The van der Waals surface area contributed by atoms with Crippen LogP contribution in [0.1, 0.15) is 33.6 Å². The fraction of sp³-hybridized carbons (Fsp3) is 0.750. The van der Waals surface area contributed by atoms with Crippen LogP contribution in [0, 0.1) is 5.92 Å². The molecule has 2 fully saturated rings. The van der Waals surface area contributed by atoms with Crippen LogP contribution < -0.4 is 21.3 Å². The molecule has 2 rings (SSSR count). The van der Waals surface area contributed by atoms with E-state index in [1.54, 1.807) is 33.4 Å². The Balaban J connectivity index is 0.0000157. The number of carbonyl (C=O) groups excluding carboxylic acids is 5. The summed E-state index contributed by atoms with van der Waals surface area (Å²) in [5, 5.41) is 57.1. The van der Waals surface area contributed by atoms with Gasteiger partial charge in [0.15, 0.2) is 0 Å². The summed E-state index contributed by atoms with van der Waals surface area (Å²) < 4.78 is 0. The number of carbonyl (C=O) groups is 8. The summed E-state index contributed by atoms with van der Waals surface area (Å²) >= 11 is 0. The molecule has 2 aliphatic heterocycles. The molecular weight excluding hydrogens is 793 g/mol. The Bertz CT molecular complexity index is 1330. The van der Waals surface area contributed by atoms with Crippen molar-refractivity contribution in [1.29, 1.82) is 0 Å². The van der Waals surface area contributed by atoms with Crippen LogP contribution in [0.3, 0.4) is 0 Å². The number of likely N-dealkylation sites (tertiary alicyclic amines) is 1. The summed E-state index contributed by atoms with van der Waals surface area (Å²) in [6, 6.07) is -2.09. The molecule has 56 heavy (non-hydrogen) atoms. The summed E-state index contributed by atoms with van der Waals surface area (Å²) in [5.74, 6) is -7.58. The van der Waals surface area contributed by atoms with E-state index in [0.29, 0.717) is 19.4 Å². The first-order valence-corrected chi connectivity index (χ1v) is 18.2. The Morgan fingerprint density at radius 1 is 0.607 bits per heavy atom. The Labute approximate surface area is 336 Å². The third kappa shape index (κ3) is 18.8. The summed E-state index contributed by atoms with van der Waals surface area (Å²) in [4.78, 5) is 106. The molecule has 0 unspecified atom stereocenters. The number of hydrogen-bond donors (Lipinski definition) is 9. The van der Waals surface area contributed by atoms with Gasteiger partial charge in [0.2, 0.25) is 29.5 Å². The van der Waals surface area contributed by atoms with Gasteiger partial charge < -0.3 is 51.5 Å². The van der Waals surface area contributed by atoms with Gasteiger partial charge in [-0.2, -0.15) is 0 Å². The maximum absolute atomic E-state index is 13.0. The van der Waals surface area contributed by atoms with Crippen molar-refractivity contribution >= 4 is 54.6 Å². The molecule has 24 heteroatoms. The quantitative estimate of drug-likeness (QED) is 0.0581. The maximum Gasteiger partial charge on any atom is 0.475 e. The molecule has 2 aliphatic rings. The predicted molar refractivity (Wildman–Crippen MR) is 194 cm³/mol. The summed E-state index contributed by atoms with van der Waals surface area (Å²) in [7, 11) is -1.72. The third-order valence-corrected chi connectivity index (χ3v) is 9.19. The number of hydrogen-bond acceptors (Lipinski definition) is 14. The first-order valence-electron chi connectivity index (χ1n) is 18.2. The smallest absolute Gasteiger partial charge is 0.475 e. The Morgan fingerprint density at radius 3 is 1.43 bits per heavy atom. The number of carboxylic acids is 3. The number of carboxylic acid groups (broad SMARTS) is 3. The van der Waals surface area contributed by atoms with E-state index in [-0.39, 0.29) is 95.6 Å². The van der Waals surface area contributed by atoms with E-state index in [1.807, 2.05) is 0 Å². The van der Waals surface area contributed by atoms with E-state index in [9.17, 15) is 63.7 Å². The van der Waals surface area contributed by atoms with Crippen molar-refractivity contribution in [3.8, 4) is 0 Å². The van der Waals surface area contributed by atoms with Crippen LogP contribution in [-0.2, 0) is 55.4 Å². The van der Waals surface area contributed by atoms with E-state index in [4.69, 9.17) is 0 Å². The fourth-order valence-corrected chi connectivity index (χ4v) is 6.21. The van der Waals surface area contributed by atoms with Gasteiger partial charge >= 0.3 is 25.0 Å². The minimum Gasteiger partial charge on any atom is -0.480 e. The minimum atomic E-state index is -1.72. The Kier molecular flexibility index (Phi) is 22.7. The van der Waals surface area contributed by atoms with Gasteiger partial charge in [-0.25, -0.2) is 0 Å². The molecule has 0 spiro atoms. The van der Waals surface area contributed by atoms with Gasteiger partial charge in [-0.05, 0) is 25.7 Å². The molecule has 321 valence electrons. The van der Waals surface area contributed by atoms with Crippen LogP contribution in [0.25, 0.3) is 0 Å². The van der Waals surface area contributed by atoms with Crippen molar-refractivity contribution in [2.24, 2.45) is 5.92 Å². The van der Waals surface area contributed by atoms with Gasteiger partial charge in [0, 0.05) is 76.0 Å². The molecule has 9 N–H and O–H groups in total. The monoisotopic (exact) mass is 848 g/mol. The topological polar surface area (TPSA) is 302 Å². The largest absolute Gasteiger partial charge is 0.480 e. The second kappa shape index (κ2) is 25.4. The van der Waals surface area contributed by atoms with Crippen molar-refractivity contribution in [2.75, 3.05) is 98.2 Å². The number of amides is 5. The van der Waals surface area contributed by atoms with Crippen LogP contribution in [0.2, 0.25) is 0 Å². The Morgan fingerprint density at radius 2 is 1.02 bits per heavy atom. The first kappa shape index (κ1) is 50.1. The number of nitrogens with zero attached hydrogens (tertiary/aromatic N) is 5. The molecule has 22 nitrogen and oxygen atoms in total. The SMILES string of the molecule is CC(C)[C@H](NC(=O)CNC(=O)CNC(=O)CN1CCN(CC(=O)O)CCN(CC(=O)O)CCN(CC(=O)O)CC1)C(=O)N[C@H](C)C(=O)N1CCC[C@H]1B(O)O.[Cu]. The molecule has 2 saturated heterocycles. The zero-order valence-corrected chi connectivity index (χ0v) is 32.9. The van der Waals surface area contributed by atoms with Crippen LogP contribution in [0.4, 0.5) is 0 Å². The molecule has 0 aliphatic carbocycles. The predicted octanol–water partition coefficient (Wildman–Crippen LogP) is -5.66. The maximum atomic E-state index is 13.0. The average Bonchev–Trinajstić information content (AvgIpc) is 3.59. The van der Waals surface area contributed by atoms with Crippen LogP contribution in [0.15, 0.2) is 0 Å². The second-order valence-electron chi connectivity index (χ2n) is 14.0. The summed E-state index contributed by atoms with van der Waals surface area (Å²) in [6.07, 6.45) is 0.988. The van der Waals surface area contributed by atoms with E-state index < -0.39 is 91.6 Å². The van der Waals surface area contributed by atoms with Gasteiger partial charge in [0.25, 0.3) is 0 Å².